The van der Waals surface area contributed by atoms with Gasteiger partial charge in [0, 0.05) is 37.7 Å². The molecule has 6 heteroatoms. The Bertz CT molecular complexity index is 700. The number of halogens is 1. The second-order valence-corrected chi connectivity index (χ2v) is 6.71. The molecule has 1 aromatic rings. The first-order chi connectivity index (χ1) is 12.0. The first-order valence-corrected chi connectivity index (χ1v) is 8.63. The number of aliphatic hydroxyl groups excluding tert-OH is 1. The van der Waals surface area contributed by atoms with Crippen molar-refractivity contribution in [2.24, 2.45) is 5.92 Å². The average Bonchev–Trinajstić information content (AvgIpc) is 3.44. The fourth-order valence-corrected chi connectivity index (χ4v) is 3.31. The molecular formula is C19H23FN2O3. The van der Waals surface area contributed by atoms with Gasteiger partial charge >= 0.3 is 0 Å². The normalized spacial score (nSPS) is 24.1. The van der Waals surface area contributed by atoms with E-state index in [2.05, 4.69) is 5.32 Å². The van der Waals surface area contributed by atoms with Crippen molar-refractivity contribution < 1.29 is 19.1 Å². The third-order valence-electron chi connectivity index (χ3n) is 4.88. The number of amides is 1. The van der Waals surface area contributed by atoms with Crippen molar-refractivity contribution in [3.05, 3.63) is 47.3 Å². The first kappa shape index (κ1) is 17.8. The van der Waals surface area contributed by atoms with Crippen LogP contribution in [0.2, 0.25) is 0 Å². The fraction of sp³-hybridized carbons (Fsp3) is 0.474. The van der Waals surface area contributed by atoms with Crippen LogP contribution in [0.4, 0.5) is 4.39 Å². The van der Waals surface area contributed by atoms with Gasteiger partial charge in [0.1, 0.15) is 5.82 Å². The lowest BCUT2D eigenvalue weighted by molar-refractivity contribution is -0.126. The van der Waals surface area contributed by atoms with Gasteiger partial charge in [-0.2, -0.15) is 0 Å². The molecule has 1 aromatic carbocycles. The Morgan fingerprint density at radius 2 is 2.04 bits per heavy atom. The van der Waals surface area contributed by atoms with Crippen LogP contribution in [-0.2, 0) is 9.59 Å². The molecule has 1 heterocycles. The van der Waals surface area contributed by atoms with Gasteiger partial charge in [-0.3, -0.25) is 14.5 Å². The Kier molecular flexibility index (Phi) is 5.30. The number of ketones is 1. The van der Waals surface area contributed by atoms with E-state index in [0.717, 1.165) is 12.8 Å². The van der Waals surface area contributed by atoms with Crippen LogP contribution >= 0.6 is 0 Å². The number of carbonyl (C=O) groups is 2. The van der Waals surface area contributed by atoms with Crippen LogP contribution in [0.3, 0.4) is 0 Å². The number of hydrogen-bond donors (Lipinski definition) is 2. The van der Waals surface area contributed by atoms with E-state index in [-0.39, 0.29) is 24.2 Å². The zero-order chi connectivity index (χ0) is 18.0. The second-order valence-electron chi connectivity index (χ2n) is 6.71. The van der Waals surface area contributed by atoms with Crippen LogP contribution in [0.5, 0.6) is 0 Å². The highest BCUT2D eigenvalue weighted by atomic mass is 19.1. The number of rotatable bonds is 5. The van der Waals surface area contributed by atoms with E-state index >= 15 is 0 Å². The van der Waals surface area contributed by atoms with E-state index in [0.29, 0.717) is 24.1 Å². The van der Waals surface area contributed by atoms with E-state index in [1.54, 1.807) is 18.2 Å². The van der Waals surface area contributed by atoms with E-state index in [1.807, 2.05) is 4.90 Å². The van der Waals surface area contributed by atoms with Gasteiger partial charge in [0.2, 0.25) is 5.91 Å². The molecule has 1 saturated carbocycles. The molecule has 0 spiro atoms. The number of aliphatic hydroxyl groups is 1. The summed E-state index contributed by atoms with van der Waals surface area (Å²) >= 11 is 0. The predicted octanol–water partition coefficient (Wildman–Crippen LogP) is 1.58. The summed E-state index contributed by atoms with van der Waals surface area (Å²) in [6, 6.07) is 5.67. The summed E-state index contributed by atoms with van der Waals surface area (Å²) in [7, 11) is 1.52. The molecule has 1 aliphatic heterocycles. The van der Waals surface area contributed by atoms with Crippen molar-refractivity contribution >= 4 is 11.7 Å². The van der Waals surface area contributed by atoms with Crippen LogP contribution in [0.15, 0.2) is 35.9 Å². The molecule has 0 radical (unpaired) electrons. The van der Waals surface area contributed by atoms with Crippen molar-refractivity contribution in [1.82, 2.24) is 10.2 Å². The van der Waals surface area contributed by atoms with E-state index < -0.39 is 18.0 Å². The van der Waals surface area contributed by atoms with Gasteiger partial charge in [-0.25, -0.2) is 4.39 Å². The van der Waals surface area contributed by atoms with Crippen LogP contribution < -0.4 is 5.32 Å². The van der Waals surface area contributed by atoms with Gasteiger partial charge in [-0.1, -0.05) is 18.2 Å². The van der Waals surface area contributed by atoms with Crippen molar-refractivity contribution in [3.63, 3.8) is 0 Å². The largest absolute Gasteiger partial charge is 0.389 e. The molecule has 3 rings (SSSR count). The smallest absolute Gasteiger partial charge is 0.243 e. The highest BCUT2D eigenvalue weighted by molar-refractivity contribution is 5.90. The van der Waals surface area contributed by atoms with Gasteiger partial charge < -0.3 is 10.4 Å². The van der Waals surface area contributed by atoms with E-state index in [1.165, 1.54) is 19.2 Å². The average molecular weight is 346 g/mol. The molecule has 25 heavy (non-hydrogen) atoms. The standard InChI is InChI=1S/C19H23FN2O3/c1-21-17(24)10-13-11-22(9-8-16(13)23)18(19(25)12-6-7-12)14-4-2-3-5-15(14)20/h2-5,10,12,16,18,23H,6-9,11H2,1H3,(H,21,24)/b13-10+. The molecule has 2 atom stereocenters. The fourth-order valence-electron chi connectivity index (χ4n) is 3.31. The Hall–Kier alpha value is -2.05. The molecular weight excluding hydrogens is 323 g/mol. The number of hydrogen-bond acceptors (Lipinski definition) is 4. The monoisotopic (exact) mass is 346 g/mol. The SMILES string of the molecule is CNC(=O)/C=C1\CN(C(C(=O)C2CC2)c2ccccc2F)CCC1O. The summed E-state index contributed by atoms with van der Waals surface area (Å²) in [5, 5.41) is 12.7. The zero-order valence-corrected chi connectivity index (χ0v) is 14.2. The quantitative estimate of drug-likeness (QED) is 0.795. The molecule has 2 unspecified atom stereocenters. The third kappa shape index (κ3) is 3.96. The molecule has 0 aromatic heterocycles. The number of nitrogens with zero attached hydrogens (tertiary/aromatic N) is 1. The van der Waals surface area contributed by atoms with Crippen molar-refractivity contribution in [2.75, 3.05) is 20.1 Å². The number of likely N-dealkylation sites (tertiary alicyclic amines) is 1. The molecule has 0 bridgehead atoms. The number of Topliss-reactive ketones (excluding diaryl/α,β-unsaturated/α-hetero) is 1. The maximum Gasteiger partial charge on any atom is 0.243 e. The number of carbonyl (C=O) groups excluding carboxylic acids is 2. The minimum atomic E-state index is -0.717. The highest BCUT2D eigenvalue weighted by Crippen LogP contribution is 2.39. The third-order valence-corrected chi connectivity index (χ3v) is 4.88. The summed E-state index contributed by atoms with van der Waals surface area (Å²) in [5.74, 6) is -0.681. The Morgan fingerprint density at radius 3 is 2.68 bits per heavy atom. The molecule has 1 aliphatic carbocycles. The van der Waals surface area contributed by atoms with Crippen molar-refractivity contribution in [3.8, 4) is 0 Å². The molecule has 134 valence electrons. The molecule has 1 amide bonds. The van der Waals surface area contributed by atoms with Gasteiger partial charge in [0.25, 0.3) is 0 Å². The molecule has 5 nitrogen and oxygen atoms in total. The topological polar surface area (TPSA) is 69.6 Å². The maximum atomic E-state index is 14.4. The van der Waals surface area contributed by atoms with E-state index in [9.17, 15) is 19.1 Å². The lowest BCUT2D eigenvalue weighted by atomic mass is 9.92. The minimum absolute atomic E-state index is 0.0113. The van der Waals surface area contributed by atoms with Gasteiger partial charge in [-0.15, -0.1) is 0 Å². The number of piperidine rings is 1. The summed E-state index contributed by atoms with van der Waals surface area (Å²) in [6.45, 7) is 0.746. The molecule has 2 N–H and O–H groups in total. The van der Waals surface area contributed by atoms with Crippen molar-refractivity contribution in [2.45, 2.75) is 31.4 Å². The summed E-state index contributed by atoms with van der Waals surface area (Å²) < 4.78 is 14.4. The summed E-state index contributed by atoms with van der Waals surface area (Å²) in [4.78, 5) is 26.4. The second kappa shape index (κ2) is 7.45. The number of likely N-dealkylation sites (N-methyl/N-ethyl adjacent to an activating group) is 1. The van der Waals surface area contributed by atoms with Crippen LogP contribution in [0.25, 0.3) is 0 Å². The highest BCUT2D eigenvalue weighted by Gasteiger charge is 2.41. The predicted molar refractivity (Wildman–Crippen MR) is 91.2 cm³/mol. The minimum Gasteiger partial charge on any atom is -0.389 e. The number of benzene rings is 1. The molecule has 2 fully saturated rings. The molecule has 2 aliphatic rings. The Balaban J connectivity index is 1.91. The number of nitrogens with one attached hydrogen (secondary N) is 1. The first-order valence-electron chi connectivity index (χ1n) is 8.63. The lowest BCUT2D eigenvalue weighted by Crippen LogP contribution is -2.44. The maximum absolute atomic E-state index is 14.4. The zero-order valence-electron chi connectivity index (χ0n) is 14.2. The molecule has 1 saturated heterocycles. The Morgan fingerprint density at radius 1 is 1.32 bits per heavy atom. The summed E-state index contributed by atoms with van der Waals surface area (Å²) in [5.41, 5.74) is 0.922. The summed E-state index contributed by atoms with van der Waals surface area (Å²) in [6.07, 6.45) is 2.76. The van der Waals surface area contributed by atoms with Gasteiger partial charge in [0.05, 0.1) is 12.1 Å². The van der Waals surface area contributed by atoms with Crippen LogP contribution in [0.1, 0.15) is 30.9 Å². The van der Waals surface area contributed by atoms with Crippen LogP contribution in [-0.4, -0.2) is 47.9 Å². The van der Waals surface area contributed by atoms with Gasteiger partial charge in [-0.05, 0) is 30.9 Å². The van der Waals surface area contributed by atoms with E-state index in [4.69, 9.17) is 0 Å². The van der Waals surface area contributed by atoms with Crippen LogP contribution in [0, 0.1) is 11.7 Å². The van der Waals surface area contributed by atoms with Gasteiger partial charge in [0.15, 0.2) is 5.78 Å². The van der Waals surface area contributed by atoms with Crippen molar-refractivity contribution in [1.29, 1.82) is 0 Å². The Labute approximate surface area is 146 Å². The lowest BCUT2D eigenvalue weighted by Gasteiger charge is -2.37.